The lowest BCUT2D eigenvalue weighted by molar-refractivity contribution is 0.616. The number of nitrogens with zero attached hydrogens (tertiary/aromatic N) is 2. The van der Waals surface area contributed by atoms with Crippen molar-refractivity contribution < 1.29 is 0 Å². The summed E-state index contributed by atoms with van der Waals surface area (Å²) in [6.45, 7) is 4.49. The summed E-state index contributed by atoms with van der Waals surface area (Å²) >= 11 is 5.10. The summed E-state index contributed by atoms with van der Waals surface area (Å²) in [6.07, 6.45) is 21.5. The number of hydrazone groups is 2. The molecule has 0 spiro atoms. The summed E-state index contributed by atoms with van der Waals surface area (Å²) in [7, 11) is 0. The quantitative estimate of drug-likeness (QED) is 0.156. The van der Waals surface area contributed by atoms with E-state index >= 15 is 0 Å². The zero-order chi connectivity index (χ0) is 17.7. The van der Waals surface area contributed by atoms with E-state index in [0.717, 1.165) is 12.8 Å². The fourth-order valence-corrected chi connectivity index (χ4v) is 2.50. The van der Waals surface area contributed by atoms with E-state index in [0.29, 0.717) is 5.11 Å². The number of rotatable bonds is 16. The molecular weight excluding hydrogens is 316 g/mol. The fraction of sp³-hybridized carbons (Fsp3) is 0.842. The molecule has 5 heteroatoms. The first-order valence-electron chi connectivity index (χ1n) is 9.90. The maximum absolute atomic E-state index is 5.10. The number of nitrogens with one attached hydrogen (secondary N) is 2. The van der Waals surface area contributed by atoms with Gasteiger partial charge in [0.15, 0.2) is 0 Å². The first-order valence-corrected chi connectivity index (χ1v) is 10.3. The molecule has 2 N–H and O–H groups in total. The molecule has 0 aromatic rings. The van der Waals surface area contributed by atoms with E-state index in [-0.39, 0.29) is 0 Å². The van der Waals surface area contributed by atoms with Gasteiger partial charge in [-0.15, -0.1) is 0 Å². The van der Waals surface area contributed by atoms with Gasteiger partial charge in [-0.2, -0.15) is 10.2 Å². The first-order chi connectivity index (χ1) is 11.8. The first kappa shape index (κ1) is 23.0. The molecule has 0 saturated heterocycles. The van der Waals surface area contributed by atoms with Crippen LogP contribution in [0.25, 0.3) is 0 Å². The van der Waals surface area contributed by atoms with Crippen LogP contribution >= 0.6 is 12.2 Å². The van der Waals surface area contributed by atoms with Crippen LogP contribution < -0.4 is 10.9 Å². The lowest BCUT2D eigenvalue weighted by Crippen LogP contribution is -2.28. The van der Waals surface area contributed by atoms with E-state index in [1.807, 2.05) is 12.4 Å². The van der Waals surface area contributed by atoms with Gasteiger partial charge in [-0.3, -0.25) is 10.9 Å². The third-order valence-electron chi connectivity index (χ3n) is 3.89. The monoisotopic (exact) mass is 354 g/mol. The van der Waals surface area contributed by atoms with Crippen LogP contribution in [0.5, 0.6) is 0 Å². The van der Waals surface area contributed by atoms with Crippen molar-refractivity contribution in [1.29, 1.82) is 0 Å². The highest BCUT2D eigenvalue weighted by Gasteiger charge is 1.91. The zero-order valence-corrected chi connectivity index (χ0v) is 16.7. The second kappa shape index (κ2) is 20.1. The van der Waals surface area contributed by atoms with Crippen molar-refractivity contribution in [3.8, 4) is 0 Å². The number of hydrogen-bond acceptors (Lipinski definition) is 3. The molecule has 0 rings (SSSR count). The van der Waals surface area contributed by atoms with E-state index in [4.69, 9.17) is 12.2 Å². The largest absolute Gasteiger partial charge is 0.253 e. The van der Waals surface area contributed by atoms with Gasteiger partial charge in [-0.1, -0.05) is 78.1 Å². The predicted molar refractivity (Wildman–Crippen MR) is 112 cm³/mol. The van der Waals surface area contributed by atoms with Crippen molar-refractivity contribution in [2.24, 2.45) is 10.2 Å². The summed E-state index contributed by atoms with van der Waals surface area (Å²) < 4.78 is 0. The number of unbranched alkanes of at least 4 members (excludes halogenated alkanes) is 12. The smallest absolute Gasteiger partial charge is 0.207 e. The van der Waals surface area contributed by atoms with Crippen LogP contribution in [0.4, 0.5) is 0 Å². The summed E-state index contributed by atoms with van der Waals surface area (Å²) in [5.74, 6) is 0. The Bertz CT molecular complexity index is 299. The van der Waals surface area contributed by atoms with Crippen LogP contribution in [-0.2, 0) is 0 Å². The average molecular weight is 355 g/mol. The molecule has 0 fully saturated rings. The van der Waals surface area contributed by atoms with Gasteiger partial charge in [-0.05, 0) is 37.9 Å². The van der Waals surface area contributed by atoms with Crippen molar-refractivity contribution in [2.75, 3.05) is 0 Å². The van der Waals surface area contributed by atoms with Gasteiger partial charge in [0, 0.05) is 12.4 Å². The summed E-state index contributed by atoms with van der Waals surface area (Å²) in [5, 5.41) is 8.67. The van der Waals surface area contributed by atoms with Crippen LogP contribution in [0, 0.1) is 0 Å². The molecule has 0 bridgehead atoms. The molecule has 0 saturated carbocycles. The van der Waals surface area contributed by atoms with Crippen molar-refractivity contribution in [1.82, 2.24) is 10.9 Å². The van der Waals surface area contributed by atoms with E-state index in [2.05, 4.69) is 34.9 Å². The summed E-state index contributed by atoms with van der Waals surface area (Å²) in [6, 6.07) is 0. The molecule has 0 aliphatic heterocycles. The molecule has 140 valence electrons. The molecule has 0 aromatic carbocycles. The summed E-state index contributed by atoms with van der Waals surface area (Å²) in [5.41, 5.74) is 5.59. The van der Waals surface area contributed by atoms with Crippen molar-refractivity contribution in [3.63, 3.8) is 0 Å². The highest BCUT2D eigenvalue weighted by Crippen LogP contribution is 2.06. The lowest BCUT2D eigenvalue weighted by Gasteiger charge is -2.01. The van der Waals surface area contributed by atoms with Crippen LogP contribution in [0.3, 0.4) is 0 Å². The van der Waals surface area contributed by atoms with Gasteiger partial charge >= 0.3 is 0 Å². The number of thiocarbonyl (C=S) groups is 1. The Morgan fingerprint density at radius 2 is 1.04 bits per heavy atom. The van der Waals surface area contributed by atoms with Crippen LogP contribution in [-0.4, -0.2) is 17.5 Å². The Morgan fingerprint density at radius 3 is 1.46 bits per heavy atom. The van der Waals surface area contributed by atoms with Crippen molar-refractivity contribution >= 4 is 29.8 Å². The van der Waals surface area contributed by atoms with Gasteiger partial charge in [0.1, 0.15) is 0 Å². The molecule has 0 radical (unpaired) electrons. The van der Waals surface area contributed by atoms with Gasteiger partial charge in [0.2, 0.25) is 5.11 Å². The van der Waals surface area contributed by atoms with Crippen molar-refractivity contribution in [2.45, 2.75) is 104 Å². The Kier molecular flexibility index (Phi) is 19.3. The Labute approximate surface area is 154 Å². The SMILES string of the molecule is CCCCCCCCC=NNC(=S)N/N=C\CCCCCCCC. The van der Waals surface area contributed by atoms with Gasteiger partial charge in [-0.25, -0.2) is 0 Å². The molecule has 4 nitrogen and oxygen atoms in total. The Balaban J connectivity index is 3.36. The van der Waals surface area contributed by atoms with E-state index in [9.17, 15) is 0 Å². The molecular formula is C19H38N4S. The Morgan fingerprint density at radius 1 is 0.667 bits per heavy atom. The second-order valence-corrected chi connectivity index (χ2v) is 6.70. The van der Waals surface area contributed by atoms with Gasteiger partial charge in [0.05, 0.1) is 0 Å². The van der Waals surface area contributed by atoms with E-state index < -0.39 is 0 Å². The van der Waals surface area contributed by atoms with Crippen molar-refractivity contribution in [3.05, 3.63) is 0 Å². The van der Waals surface area contributed by atoms with E-state index in [1.165, 1.54) is 77.0 Å². The van der Waals surface area contributed by atoms with Crippen LogP contribution in [0.15, 0.2) is 10.2 Å². The highest BCUT2D eigenvalue weighted by atomic mass is 32.1. The maximum atomic E-state index is 5.10. The minimum atomic E-state index is 0.452. The normalized spacial score (nSPS) is 11.4. The third-order valence-corrected chi connectivity index (χ3v) is 4.07. The van der Waals surface area contributed by atoms with Gasteiger partial charge < -0.3 is 0 Å². The predicted octanol–water partition coefficient (Wildman–Crippen LogP) is 5.92. The molecule has 0 amide bonds. The van der Waals surface area contributed by atoms with Crippen LogP contribution in [0.1, 0.15) is 104 Å². The fourth-order valence-electron chi connectivity index (χ4n) is 2.39. The standard InChI is InChI=1S/C19H38N4S/c1-3-5-7-9-11-13-15-17-20-22-19(24)23-21-18-16-14-12-10-8-6-4-2/h17-18H,3-16H2,1-2H3,(H2,22,23,24)/b20-17-,21-18?. The summed E-state index contributed by atoms with van der Waals surface area (Å²) in [4.78, 5) is 0. The minimum absolute atomic E-state index is 0.452. The molecule has 24 heavy (non-hydrogen) atoms. The van der Waals surface area contributed by atoms with E-state index in [1.54, 1.807) is 0 Å². The second-order valence-electron chi connectivity index (χ2n) is 6.29. The molecule has 0 unspecified atom stereocenters. The zero-order valence-electron chi connectivity index (χ0n) is 15.9. The molecule has 0 aliphatic carbocycles. The van der Waals surface area contributed by atoms with Crippen LogP contribution in [0.2, 0.25) is 0 Å². The lowest BCUT2D eigenvalue weighted by atomic mass is 10.1. The topological polar surface area (TPSA) is 48.8 Å². The average Bonchev–Trinajstić information content (AvgIpc) is 2.59. The van der Waals surface area contributed by atoms with Gasteiger partial charge in [0.25, 0.3) is 0 Å². The molecule has 0 aliphatic rings. The number of hydrogen-bond donors (Lipinski definition) is 2. The third kappa shape index (κ3) is 19.1. The molecule has 0 aromatic heterocycles. The molecule has 0 heterocycles. The molecule has 0 atom stereocenters. The minimum Gasteiger partial charge on any atom is -0.253 e. The Hall–Kier alpha value is -0.970. The highest BCUT2D eigenvalue weighted by molar-refractivity contribution is 7.80. The maximum Gasteiger partial charge on any atom is 0.207 e.